The van der Waals surface area contributed by atoms with Gasteiger partial charge in [0.1, 0.15) is 9.84 Å². The summed E-state index contributed by atoms with van der Waals surface area (Å²) in [6.07, 6.45) is 6.66. The third-order valence-electron chi connectivity index (χ3n) is 5.89. The molecule has 1 aliphatic heterocycles. The van der Waals surface area contributed by atoms with Crippen LogP contribution in [0.25, 0.3) is 0 Å². The fourth-order valence-electron chi connectivity index (χ4n) is 4.16. The van der Waals surface area contributed by atoms with Gasteiger partial charge < -0.3 is 4.57 Å². The highest BCUT2D eigenvalue weighted by molar-refractivity contribution is 7.90. The first-order valence-corrected chi connectivity index (χ1v) is 12.4. The first-order valence-electron chi connectivity index (χ1n) is 10.4. The molecular weight excluding hydrogens is 408 g/mol. The largest absolute Gasteiger partial charge is 0.333 e. The van der Waals surface area contributed by atoms with Crippen molar-refractivity contribution in [1.29, 1.82) is 5.26 Å². The third-order valence-corrected chi connectivity index (χ3v) is 6.81. The molecule has 2 heterocycles. The number of sulfone groups is 1. The molecule has 0 radical (unpaired) electrons. The molecule has 0 N–H and O–H groups in total. The lowest BCUT2D eigenvalue weighted by Crippen LogP contribution is -2.45. The molecule has 3 aromatic rings. The van der Waals surface area contributed by atoms with E-state index in [1.165, 1.54) is 17.4 Å². The number of imidazole rings is 1. The second kappa shape index (κ2) is 9.04. The van der Waals surface area contributed by atoms with Crippen molar-refractivity contribution in [2.75, 3.05) is 18.6 Å². The summed E-state index contributed by atoms with van der Waals surface area (Å²) in [4.78, 5) is 6.65. The summed E-state index contributed by atoms with van der Waals surface area (Å²) >= 11 is 0. The average molecular weight is 435 g/mol. The smallest absolute Gasteiger partial charge is 0.148 e. The zero-order chi connectivity index (χ0) is 21.8. The van der Waals surface area contributed by atoms with Gasteiger partial charge in [-0.2, -0.15) is 5.26 Å². The molecule has 0 spiro atoms. The minimum absolute atomic E-state index is 0.160. The highest BCUT2D eigenvalue weighted by Gasteiger charge is 2.27. The van der Waals surface area contributed by atoms with E-state index in [1.807, 2.05) is 42.9 Å². The number of hydrogen-bond donors (Lipinski definition) is 0. The fraction of sp³-hybridized carbons (Fsp3) is 0.333. The van der Waals surface area contributed by atoms with Gasteiger partial charge in [0.2, 0.25) is 0 Å². The van der Waals surface area contributed by atoms with Crippen LogP contribution in [0.5, 0.6) is 0 Å². The van der Waals surface area contributed by atoms with Gasteiger partial charge in [-0.1, -0.05) is 36.4 Å². The number of nitrogens with zero attached hydrogens (tertiary/aromatic N) is 4. The summed E-state index contributed by atoms with van der Waals surface area (Å²) in [6.45, 7) is 2.04. The topological polar surface area (TPSA) is 79.0 Å². The molecule has 1 aromatic heterocycles. The second-order valence-electron chi connectivity index (χ2n) is 8.25. The number of rotatable bonds is 7. The molecule has 0 aliphatic carbocycles. The maximum atomic E-state index is 11.8. The third kappa shape index (κ3) is 5.40. The molecule has 0 bridgehead atoms. The molecule has 0 unspecified atom stereocenters. The van der Waals surface area contributed by atoms with Gasteiger partial charge in [0.15, 0.2) is 0 Å². The summed E-state index contributed by atoms with van der Waals surface area (Å²) in [5.74, 6) is 0.160. The maximum Gasteiger partial charge on any atom is 0.148 e. The van der Waals surface area contributed by atoms with Crippen LogP contribution in [-0.4, -0.2) is 47.5 Å². The molecule has 160 valence electrons. The second-order valence-corrected chi connectivity index (χ2v) is 10.5. The molecule has 7 heteroatoms. The van der Waals surface area contributed by atoms with Crippen LogP contribution in [0.15, 0.2) is 61.1 Å². The minimum Gasteiger partial charge on any atom is -0.333 e. The molecule has 0 fully saturated rings. The monoisotopic (exact) mass is 434 g/mol. The molecule has 1 aliphatic rings. The molecule has 6 nitrogen and oxygen atoms in total. The first-order chi connectivity index (χ1) is 14.9. The molecule has 0 amide bonds. The molecule has 1 atom stereocenters. The van der Waals surface area contributed by atoms with Crippen LogP contribution in [-0.2, 0) is 35.8 Å². The maximum absolute atomic E-state index is 11.8. The highest BCUT2D eigenvalue weighted by atomic mass is 32.2. The number of benzene rings is 2. The van der Waals surface area contributed by atoms with Crippen molar-refractivity contribution >= 4 is 9.84 Å². The van der Waals surface area contributed by atoms with Gasteiger partial charge in [-0.05, 0) is 35.2 Å². The molecular formula is C24H26N4O2S. The Hall–Kier alpha value is -2.95. The van der Waals surface area contributed by atoms with Gasteiger partial charge in [0, 0.05) is 50.2 Å². The number of fused-ring (bicyclic) bond motifs is 1. The van der Waals surface area contributed by atoms with Gasteiger partial charge in [-0.25, -0.2) is 13.4 Å². The van der Waals surface area contributed by atoms with E-state index >= 15 is 0 Å². The van der Waals surface area contributed by atoms with E-state index in [0.29, 0.717) is 12.1 Å². The Balaban J connectivity index is 1.53. The Morgan fingerprint density at radius 3 is 2.58 bits per heavy atom. The highest BCUT2D eigenvalue weighted by Crippen LogP contribution is 2.25. The van der Waals surface area contributed by atoms with Crippen molar-refractivity contribution in [1.82, 2.24) is 14.5 Å². The Kier molecular flexibility index (Phi) is 6.21. The van der Waals surface area contributed by atoms with Gasteiger partial charge in [0.05, 0.1) is 23.7 Å². The number of nitriles is 1. The van der Waals surface area contributed by atoms with Crippen LogP contribution in [0.2, 0.25) is 0 Å². The van der Waals surface area contributed by atoms with Gasteiger partial charge >= 0.3 is 0 Å². The lowest BCUT2D eigenvalue weighted by molar-refractivity contribution is 0.163. The van der Waals surface area contributed by atoms with Gasteiger partial charge in [-0.15, -0.1) is 0 Å². The van der Waals surface area contributed by atoms with Crippen molar-refractivity contribution in [3.05, 3.63) is 89.0 Å². The molecule has 2 aromatic carbocycles. The standard InChI is InChI=1S/C24H26N4O2S/c1-31(29,30)11-10-27-16-22-5-3-2-4-21(22)13-24(27)17-28-18-26-15-23(28)12-19-6-8-20(14-25)9-7-19/h2-9,15,18,24H,10-13,16-17H2,1H3/t24-/m0/s1. The lowest BCUT2D eigenvalue weighted by Gasteiger charge is -2.37. The van der Waals surface area contributed by atoms with Crippen molar-refractivity contribution in [3.8, 4) is 6.07 Å². The fourth-order valence-corrected chi connectivity index (χ4v) is 4.73. The van der Waals surface area contributed by atoms with Crippen LogP contribution in [0, 0.1) is 11.3 Å². The summed E-state index contributed by atoms with van der Waals surface area (Å²) in [5, 5.41) is 8.99. The Morgan fingerprint density at radius 2 is 1.87 bits per heavy atom. The van der Waals surface area contributed by atoms with Crippen molar-refractivity contribution in [2.24, 2.45) is 0 Å². The first kappa shape index (κ1) is 21.3. The van der Waals surface area contributed by atoms with E-state index in [4.69, 9.17) is 5.26 Å². The van der Waals surface area contributed by atoms with E-state index in [1.54, 1.807) is 0 Å². The lowest BCUT2D eigenvalue weighted by atomic mass is 9.94. The Labute approximate surface area is 183 Å². The van der Waals surface area contributed by atoms with E-state index in [2.05, 4.69) is 38.7 Å². The zero-order valence-electron chi connectivity index (χ0n) is 17.6. The predicted octanol–water partition coefficient (Wildman–Crippen LogP) is 2.82. The van der Waals surface area contributed by atoms with Crippen LogP contribution in [0.1, 0.15) is 27.9 Å². The Morgan fingerprint density at radius 1 is 1.13 bits per heavy atom. The number of hydrogen-bond acceptors (Lipinski definition) is 5. The van der Waals surface area contributed by atoms with E-state index in [9.17, 15) is 8.42 Å². The summed E-state index contributed by atoms with van der Waals surface area (Å²) < 4.78 is 25.7. The van der Waals surface area contributed by atoms with E-state index in [-0.39, 0.29) is 11.8 Å². The van der Waals surface area contributed by atoms with Crippen molar-refractivity contribution in [3.63, 3.8) is 0 Å². The van der Waals surface area contributed by atoms with Crippen molar-refractivity contribution < 1.29 is 8.42 Å². The predicted molar refractivity (Wildman–Crippen MR) is 120 cm³/mol. The summed E-state index contributed by atoms with van der Waals surface area (Å²) in [6, 6.07) is 18.4. The normalized spacial score (nSPS) is 16.6. The van der Waals surface area contributed by atoms with E-state index < -0.39 is 9.84 Å². The minimum atomic E-state index is -3.02. The van der Waals surface area contributed by atoms with E-state index in [0.717, 1.165) is 37.2 Å². The average Bonchev–Trinajstić information content (AvgIpc) is 3.18. The Bertz CT molecular complexity index is 1190. The molecule has 0 saturated carbocycles. The summed E-state index contributed by atoms with van der Waals surface area (Å²) in [5.41, 5.74) is 5.49. The SMILES string of the molecule is CS(=O)(=O)CCN1Cc2ccccc2C[C@H]1Cn1cncc1Cc1ccc(C#N)cc1. The zero-order valence-corrected chi connectivity index (χ0v) is 18.4. The van der Waals surface area contributed by atoms with Crippen molar-refractivity contribution in [2.45, 2.75) is 32.0 Å². The van der Waals surface area contributed by atoms with Crippen LogP contribution in [0.3, 0.4) is 0 Å². The van der Waals surface area contributed by atoms with Crippen LogP contribution < -0.4 is 0 Å². The molecule has 0 saturated heterocycles. The van der Waals surface area contributed by atoms with Gasteiger partial charge in [-0.3, -0.25) is 4.90 Å². The van der Waals surface area contributed by atoms with Crippen LogP contribution in [0.4, 0.5) is 0 Å². The number of aromatic nitrogens is 2. The summed E-state index contributed by atoms with van der Waals surface area (Å²) in [7, 11) is -3.02. The quantitative estimate of drug-likeness (QED) is 0.571. The molecule has 31 heavy (non-hydrogen) atoms. The van der Waals surface area contributed by atoms with Gasteiger partial charge in [0.25, 0.3) is 0 Å². The molecule has 4 rings (SSSR count). The van der Waals surface area contributed by atoms with Crippen LogP contribution >= 0.6 is 0 Å².